The predicted molar refractivity (Wildman–Crippen MR) is 73.7 cm³/mol. The standard InChI is InChI=1S/C17H18O/c1-12-13(2)18-17(14-8-4-3-5-9-14)16-11-7-6-10-15(12)16/h3-13,17H,1-2H3/t12-,13+,17+/m1/s1. The molecule has 0 spiro atoms. The van der Waals surface area contributed by atoms with Crippen LogP contribution in [0.25, 0.3) is 0 Å². The SMILES string of the molecule is C[C@@H]1O[C@@H](c2ccccc2)c2ccccc2[C@@H]1C. The highest BCUT2D eigenvalue weighted by atomic mass is 16.5. The zero-order chi connectivity index (χ0) is 12.5. The molecule has 2 aromatic rings. The highest BCUT2D eigenvalue weighted by Crippen LogP contribution is 2.40. The van der Waals surface area contributed by atoms with Gasteiger partial charge in [-0.1, -0.05) is 61.5 Å². The summed E-state index contributed by atoms with van der Waals surface area (Å²) in [7, 11) is 0. The lowest BCUT2D eigenvalue weighted by molar-refractivity contribution is -0.00757. The molecule has 0 radical (unpaired) electrons. The van der Waals surface area contributed by atoms with Crippen molar-refractivity contribution in [3.8, 4) is 0 Å². The molecule has 1 heteroatoms. The molecule has 0 saturated heterocycles. The second kappa shape index (κ2) is 4.58. The Kier molecular flexibility index (Phi) is 2.92. The summed E-state index contributed by atoms with van der Waals surface area (Å²) in [4.78, 5) is 0. The molecule has 1 aliphatic heterocycles. The third kappa shape index (κ3) is 1.85. The lowest BCUT2D eigenvalue weighted by Gasteiger charge is -2.35. The van der Waals surface area contributed by atoms with Crippen LogP contribution in [0.1, 0.15) is 42.6 Å². The number of rotatable bonds is 1. The molecule has 0 aliphatic carbocycles. The van der Waals surface area contributed by atoms with Gasteiger partial charge >= 0.3 is 0 Å². The van der Waals surface area contributed by atoms with E-state index >= 15 is 0 Å². The normalized spacial score (nSPS) is 26.7. The van der Waals surface area contributed by atoms with Gasteiger partial charge in [0.2, 0.25) is 0 Å². The fraction of sp³-hybridized carbons (Fsp3) is 0.294. The molecular formula is C17H18O. The average Bonchev–Trinajstić information content (AvgIpc) is 2.44. The minimum Gasteiger partial charge on any atom is -0.365 e. The second-order valence-electron chi connectivity index (χ2n) is 5.05. The average molecular weight is 238 g/mol. The van der Waals surface area contributed by atoms with Crippen molar-refractivity contribution in [3.63, 3.8) is 0 Å². The molecule has 3 atom stereocenters. The first-order valence-corrected chi connectivity index (χ1v) is 6.56. The third-order valence-corrected chi connectivity index (χ3v) is 3.93. The van der Waals surface area contributed by atoms with Crippen LogP contribution in [0.15, 0.2) is 54.6 Å². The zero-order valence-corrected chi connectivity index (χ0v) is 10.8. The zero-order valence-electron chi connectivity index (χ0n) is 10.8. The van der Waals surface area contributed by atoms with E-state index in [2.05, 4.69) is 62.4 Å². The van der Waals surface area contributed by atoms with Gasteiger partial charge in [-0.3, -0.25) is 0 Å². The number of fused-ring (bicyclic) bond motifs is 1. The Morgan fingerprint density at radius 1 is 0.778 bits per heavy atom. The van der Waals surface area contributed by atoms with Crippen molar-refractivity contribution in [1.29, 1.82) is 0 Å². The Morgan fingerprint density at radius 2 is 1.39 bits per heavy atom. The van der Waals surface area contributed by atoms with Crippen molar-refractivity contribution < 1.29 is 4.74 Å². The summed E-state index contributed by atoms with van der Waals surface area (Å²) in [5.41, 5.74) is 3.98. The Bertz CT molecular complexity index is 532. The molecule has 0 bridgehead atoms. The molecule has 92 valence electrons. The number of benzene rings is 2. The van der Waals surface area contributed by atoms with Gasteiger partial charge in [0.15, 0.2) is 0 Å². The van der Waals surface area contributed by atoms with Gasteiger partial charge < -0.3 is 4.74 Å². The van der Waals surface area contributed by atoms with Gasteiger partial charge in [-0.25, -0.2) is 0 Å². The van der Waals surface area contributed by atoms with Gasteiger partial charge in [-0.2, -0.15) is 0 Å². The minimum atomic E-state index is 0.0774. The molecule has 0 unspecified atom stereocenters. The summed E-state index contributed by atoms with van der Waals surface area (Å²) in [6.45, 7) is 4.40. The third-order valence-electron chi connectivity index (χ3n) is 3.93. The first-order valence-electron chi connectivity index (χ1n) is 6.56. The predicted octanol–water partition coefficient (Wildman–Crippen LogP) is 4.30. The van der Waals surface area contributed by atoms with Gasteiger partial charge in [0.05, 0.1) is 6.10 Å². The highest BCUT2D eigenvalue weighted by molar-refractivity contribution is 5.40. The van der Waals surface area contributed by atoms with E-state index < -0.39 is 0 Å². The molecule has 18 heavy (non-hydrogen) atoms. The van der Waals surface area contributed by atoms with E-state index in [0.29, 0.717) is 5.92 Å². The van der Waals surface area contributed by atoms with E-state index in [9.17, 15) is 0 Å². The number of hydrogen-bond acceptors (Lipinski definition) is 1. The van der Waals surface area contributed by atoms with E-state index in [1.54, 1.807) is 0 Å². The van der Waals surface area contributed by atoms with Crippen molar-refractivity contribution in [2.24, 2.45) is 0 Å². The molecule has 1 heterocycles. The molecule has 0 N–H and O–H groups in total. The first kappa shape index (κ1) is 11.5. The van der Waals surface area contributed by atoms with Crippen molar-refractivity contribution >= 4 is 0 Å². The van der Waals surface area contributed by atoms with E-state index in [-0.39, 0.29) is 12.2 Å². The Balaban J connectivity index is 2.10. The number of hydrogen-bond donors (Lipinski definition) is 0. The van der Waals surface area contributed by atoms with Crippen LogP contribution < -0.4 is 0 Å². The van der Waals surface area contributed by atoms with Crippen LogP contribution in [0.4, 0.5) is 0 Å². The van der Waals surface area contributed by atoms with Crippen LogP contribution in [0.2, 0.25) is 0 Å². The summed E-state index contributed by atoms with van der Waals surface area (Å²) in [5, 5.41) is 0. The molecular weight excluding hydrogens is 220 g/mol. The summed E-state index contributed by atoms with van der Waals surface area (Å²) < 4.78 is 6.21. The van der Waals surface area contributed by atoms with Crippen molar-refractivity contribution in [1.82, 2.24) is 0 Å². The van der Waals surface area contributed by atoms with Gasteiger partial charge in [0, 0.05) is 5.92 Å². The van der Waals surface area contributed by atoms with Crippen LogP contribution >= 0.6 is 0 Å². The fourth-order valence-electron chi connectivity index (χ4n) is 2.71. The van der Waals surface area contributed by atoms with Crippen LogP contribution in [-0.4, -0.2) is 6.10 Å². The largest absolute Gasteiger partial charge is 0.365 e. The molecule has 1 nitrogen and oxygen atoms in total. The van der Waals surface area contributed by atoms with Gasteiger partial charge in [0.1, 0.15) is 6.10 Å². The van der Waals surface area contributed by atoms with Crippen molar-refractivity contribution in [2.75, 3.05) is 0 Å². The van der Waals surface area contributed by atoms with Crippen LogP contribution in [0.3, 0.4) is 0 Å². The summed E-state index contributed by atoms with van der Waals surface area (Å²) >= 11 is 0. The Hall–Kier alpha value is -1.60. The molecule has 0 saturated carbocycles. The van der Waals surface area contributed by atoms with Crippen LogP contribution in [0.5, 0.6) is 0 Å². The maximum atomic E-state index is 6.21. The second-order valence-corrected chi connectivity index (χ2v) is 5.05. The van der Waals surface area contributed by atoms with E-state index in [4.69, 9.17) is 4.74 Å². The highest BCUT2D eigenvalue weighted by Gasteiger charge is 2.30. The van der Waals surface area contributed by atoms with Gasteiger partial charge in [0.25, 0.3) is 0 Å². The van der Waals surface area contributed by atoms with Crippen LogP contribution in [0, 0.1) is 0 Å². The summed E-state index contributed by atoms with van der Waals surface area (Å²) in [6.07, 6.45) is 0.332. The van der Waals surface area contributed by atoms with E-state index in [0.717, 1.165) is 0 Å². The molecule has 2 aromatic carbocycles. The fourth-order valence-corrected chi connectivity index (χ4v) is 2.71. The molecule has 0 fully saturated rings. The quantitative estimate of drug-likeness (QED) is 0.719. The lowest BCUT2D eigenvalue weighted by atomic mass is 9.84. The topological polar surface area (TPSA) is 9.23 Å². The number of ether oxygens (including phenoxy) is 1. The maximum absolute atomic E-state index is 6.21. The van der Waals surface area contributed by atoms with Crippen LogP contribution in [-0.2, 0) is 4.74 Å². The molecule has 1 aliphatic rings. The first-order chi connectivity index (χ1) is 8.77. The summed E-state index contributed by atoms with van der Waals surface area (Å²) in [6, 6.07) is 19.1. The van der Waals surface area contributed by atoms with Crippen molar-refractivity contribution in [3.05, 3.63) is 71.3 Å². The summed E-state index contributed by atoms with van der Waals surface area (Å²) in [5.74, 6) is 0.459. The monoisotopic (exact) mass is 238 g/mol. The lowest BCUT2D eigenvalue weighted by Crippen LogP contribution is -2.27. The Labute approximate surface area is 108 Å². The minimum absolute atomic E-state index is 0.0774. The smallest absolute Gasteiger partial charge is 0.108 e. The van der Waals surface area contributed by atoms with Crippen molar-refractivity contribution in [2.45, 2.75) is 32.0 Å². The van der Waals surface area contributed by atoms with E-state index in [1.165, 1.54) is 16.7 Å². The Morgan fingerprint density at radius 3 is 2.11 bits per heavy atom. The van der Waals surface area contributed by atoms with Gasteiger partial charge in [-0.15, -0.1) is 0 Å². The molecule has 3 rings (SSSR count). The van der Waals surface area contributed by atoms with E-state index in [1.807, 2.05) is 6.07 Å². The molecule has 0 aromatic heterocycles. The van der Waals surface area contributed by atoms with Gasteiger partial charge in [-0.05, 0) is 23.6 Å². The maximum Gasteiger partial charge on any atom is 0.108 e. The molecule has 0 amide bonds.